The van der Waals surface area contributed by atoms with Crippen LogP contribution in [0.4, 0.5) is 5.69 Å². The fraction of sp³-hybridized carbons (Fsp3) is 0.389. The highest BCUT2D eigenvalue weighted by molar-refractivity contribution is 6.00. The van der Waals surface area contributed by atoms with Gasteiger partial charge in [0.25, 0.3) is 5.91 Å². The summed E-state index contributed by atoms with van der Waals surface area (Å²) in [6.07, 6.45) is 0.574. The molecule has 6 heteroatoms. The lowest BCUT2D eigenvalue weighted by atomic mass is 10.1. The molecule has 0 aliphatic carbocycles. The summed E-state index contributed by atoms with van der Waals surface area (Å²) in [4.78, 5) is 26.2. The van der Waals surface area contributed by atoms with E-state index in [4.69, 9.17) is 4.52 Å². The van der Waals surface area contributed by atoms with Gasteiger partial charge in [-0.05, 0) is 38.0 Å². The van der Waals surface area contributed by atoms with E-state index < -0.39 is 0 Å². The number of aromatic nitrogens is 1. The smallest absolute Gasteiger partial charge is 0.259 e. The largest absolute Gasteiger partial charge is 0.360 e. The highest BCUT2D eigenvalue weighted by atomic mass is 16.5. The first-order chi connectivity index (χ1) is 11.3. The number of hydrogen-bond acceptors (Lipinski definition) is 4. The van der Waals surface area contributed by atoms with Crippen molar-refractivity contribution in [1.82, 2.24) is 10.1 Å². The van der Waals surface area contributed by atoms with Crippen molar-refractivity contribution in [2.45, 2.75) is 34.1 Å². The molecule has 24 heavy (non-hydrogen) atoms. The molecule has 0 saturated carbocycles. The van der Waals surface area contributed by atoms with Crippen molar-refractivity contribution >= 4 is 17.5 Å². The highest BCUT2D eigenvalue weighted by Gasteiger charge is 2.23. The molecule has 1 aromatic heterocycles. The first-order valence-corrected chi connectivity index (χ1v) is 7.91. The summed E-state index contributed by atoms with van der Waals surface area (Å²) < 4.78 is 5.15. The Morgan fingerprint density at radius 1 is 1.25 bits per heavy atom. The molecule has 0 aliphatic rings. The topological polar surface area (TPSA) is 75.4 Å². The summed E-state index contributed by atoms with van der Waals surface area (Å²) in [5, 5.41) is 6.69. The van der Waals surface area contributed by atoms with Crippen LogP contribution in [0.3, 0.4) is 0 Å². The fourth-order valence-corrected chi connectivity index (χ4v) is 2.49. The number of likely N-dealkylation sites (N-methyl/N-ethyl adjacent to an activating group) is 1. The van der Waals surface area contributed by atoms with E-state index in [2.05, 4.69) is 10.5 Å². The Bertz CT molecular complexity index is 765. The molecule has 128 valence electrons. The molecule has 2 rings (SSSR count). The molecule has 0 aliphatic heterocycles. The van der Waals surface area contributed by atoms with Gasteiger partial charge in [0.15, 0.2) is 0 Å². The van der Waals surface area contributed by atoms with E-state index in [0.29, 0.717) is 23.4 Å². The SMILES string of the molecule is CCc1onc(C)c1C(=O)N(C)CC(=O)Nc1cccc(C)c1C. The number of nitrogens with zero attached hydrogens (tertiary/aromatic N) is 2. The molecule has 2 aromatic rings. The van der Waals surface area contributed by atoms with Crippen LogP contribution in [0.5, 0.6) is 0 Å². The van der Waals surface area contributed by atoms with Gasteiger partial charge in [0, 0.05) is 19.2 Å². The predicted octanol–water partition coefficient (Wildman–Crippen LogP) is 2.87. The third-order valence-electron chi connectivity index (χ3n) is 4.07. The Kier molecular flexibility index (Phi) is 5.39. The molecule has 1 aromatic carbocycles. The van der Waals surface area contributed by atoms with Crippen molar-refractivity contribution in [2.24, 2.45) is 0 Å². The Morgan fingerprint density at radius 2 is 1.96 bits per heavy atom. The summed E-state index contributed by atoms with van der Waals surface area (Å²) in [6, 6.07) is 5.73. The van der Waals surface area contributed by atoms with Crippen LogP contribution in [-0.2, 0) is 11.2 Å². The molecule has 0 radical (unpaired) electrons. The fourth-order valence-electron chi connectivity index (χ4n) is 2.49. The Morgan fingerprint density at radius 3 is 2.62 bits per heavy atom. The number of anilines is 1. The quantitative estimate of drug-likeness (QED) is 0.915. The van der Waals surface area contributed by atoms with Crippen molar-refractivity contribution in [2.75, 3.05) is 18.9 Å². The zero-order valence-corrected chi connectivity index (χ0v) is 14.8. The van der Waals surface area contributed by atoms with Crippen molar-refractivity contribution in [1.29, 1.82) is 0 Å². The number of benzene rings is 1. The van der Waals surface area contributed by atoms with E-state index in [1.54, 1.807) is 14.0 Å². The summed E-state index contributed by atoms with van der Waals surface area (Å²) >= 11 is 0. The molecule has 0 bridgehead atoms. The maximum absolute atomic E-state index is 12.6. The molecule has 0 saturated heterocycles. The van der Waals surface area contributed by atoms with Gasteiger partial charge in [0.2, 0.25) is 5.91 Å². The van der Waals surface area contributed by atoms with Gasteiger partial charge >= 0.3 is 0 Å². The van der Waals surface area contributed by atoms with Gasteiger partial charge in [0.1, 0.15) is 11.3 Å². The van der Waals surface area contributed by atoms with E-state index in [-0.39, 0.29) is 18.4 Å². The van der Waals surface area contributed by atoms with Crippen LogP contribution < -0.4 is 5.32 Å². The standard InChI is InChI=1S/C18H23N3O3/c1-6-15-17(13(4)20-24-15)18(23)21(5)10-16(22)19-14-9-7-8-11(2)12(14)3/h7-9H,6,10H2,1-5H3,(H,19,22). The number of aryl methyl sites for hydroxylation is 3. The zero-order valence-electron chi connectivity index (χ0n) is 14.8. The lowest BCUT2D eigenvalue weighted by molar-refractivity contribution is -0.116. The van der Waals surface area contributed by atoms with Gasteiger partial charge in [0.05, 0.1) is 12.2 Å². The molecule has 1 heterocycles. The third kappa shape index (κ3) is 3.64. The first-order valence-electron chi connectivity index (χ1n) is 7.91. The van der Waals surface area contributed by atoms with E-state index in [1.807, 2.05) is 39.0 Å². The van der Waals surface area contributed by atoms with Crippen LogP contribution in [0.25, 0.3) is 0 Å². The second-order valence-electron chi connectivity index (χ2n) is 5.88. The summed E-state index contributed by atoms with van der Waals surface area (Å²) in [5.41, 5.74) is 3.86. The van der Waals surface area contributed by atoms with Gasteiger partial charge < -0.3 is 14.7 Å². The Hall–Kier alpha value is -2.63. The van der Waals surface area contributed by atoms with Crippen LogP contribution in [0, 0.1) is 20.8 Å². The number of carbonyl (C=O) groups is 2. The van der Waals surface area contributed by atoms with E-state index in [0.717, 1.165) is 16.8 Å². The molecular formula is C18H23N3O3. The van der Waals surface area contributed by atoms with Crippen molar-refractivity contribution in [3.8, 4) is 0 Å². The van der Waals surface area contributed by atoms with E-state index in [1.165, 1.54) is 4.90 Å². The second-order valence-corrected chi connectivity index (χ2v) is 5.88. The van der Waals surface area contributed by atoms with Crippen molar-refractivity contribution in [3.63, 3.8) is 0 Å². The van der Waals surface area contributed by atoms with Crippen molar-refractivity contribution < 1.29 is 14.1 Å². The number of nitrogens with one attached hydrogen (secondary N) is 1. The molecule has 0 unspecified atom stereocenters. The highest BCUT2D eigenvalue weighted by Crippen LogP contribution is 2.19. The number of carbonyl (C=O) groups excluding carboxylic acids is 2. The average Bonchev–Trinajstić information content (AvgIpc) is 2.91. The van der Waals surface area contributed by atoms with Crippen LogP contribution in [0.15, 0.2) is 22.7 Å². The number of amides is 2. The maximum atomic E-state index is 12.6. The van der Waals surface area contributed by atoms with Gasteiger partial charge in [-0.15, -0.1) is 0 Å². The molecule has 6 nitrogen and oxygen atoms in total. The maximum Gasteiger partial charge on any atom is 0.259 e. The lowest BCUT2D eigenvalue weighted by Gasteiger charge is -2.17. The first kappa shape index (κ1) is 17.7. The molecule has 0 spiro atoms. The summed E-state index contributed by atoms with van der Waals surface area (Å²) in [6.45, 7) is 7.51. The normalized spacial score (nSPS) is 10.5. The van der Waals surface area contributed by atoms with Crippen LogP contribution in [-0.4, -0.2) is 35.5 Å². The molecule has 1 N–H and O–H groups in total. The second kappa shape index (κ2) is 7.29. The van der Waals surface area contributed by atoms with Gasteiger partial charge in [-0.2, -0.15) is 0 Å². The minimum Gasteiger partial charge on any atom is -0.360 e. The molecular weight excluding hydrogens is 306 g/mol. The van der Waals surface area contributed by atoms with Gasteiger partial charge in [-0.3, -0.25) is 9.59 Å². The Balaban J connectivity index is 2.07. The predicted molar refractivity (Wildman–Crippen MR) is 92.1 cm³/mol. The van der Waals surface area contributed by atoms with E-state index in [9.17, 15) is 9.59 Å². The monoisotopic (exact) mass is 329 g/mol. The average molecular weight is 329 g/mol. The van der Waals surface area contributed by atoms with Gasteiger partial charge in [-0.1, -0.05) is 24.2 Å². The van der Waals surface area contributed by atoms with Crippen LogP contribution in [0.2, 0.25) is 0 Å². The van der Waals surface area contributed by atoms with Crippen molar-refractivity contribution in [3.05, 3.63) is 46.3 Å². The van der Waals surface area contributed by atoms with Gasteiger partial charge in [-0.25, -0.2) is 0 Å². The third-order valence-corrected chi connectivity index (χ3v) is 4.07. The molecule has 0 atom stereocenters. The summed E-state index contributed by atoms with van der Waals surface area (Å²) in [7, 11) is 1.59. The number of rotatable bonds is 5. The minimum atomic E-state index is -0.262. The number of hydrogen-bond donors (Lipinski definition) is 1. The Labute approximate surface area is 141 Å². The van der Waals surface area contributed by atoms with Crippen LogP contribution in [0.1, 0.15) is 39.9 Å². The zero-order chi connectivity index (χ0) is 17.9. The lowest BCUT2D eigenvalue weighted by Crippen LogP contribution is -2.35. The van der Waals surface area contributed by atoms with Crippen LogP contribution >= 0.6 is 0 Å². The molecule has 2 amide bonds. The minimum absolute atomic E-state index is 0.0417. The summed E-state index contributed by atoms with van der Waals surface area (Å²) in [5.74, 6) is 0.0349. The molecule has 0 fully saturated rings. The van der Waals surface area contributed by atoms with E-state index >= 15 is 0 Å².